The predicted molar refractivity (Wildman–Crippen MR) is 74.0 cm³/mol. The van der Waals surface area contributed by atoms with Crippen molar-refractivity contribution in [1.29, 1.82) is 5.26 Å². The minimum atomic E-state index is -0.521. The molecule has 0 radical (unpaired) electrons. The highest BCUT2D eigenvalue weighted by atomic mass is 16.2. The zero-order chi connectivity index (χ0) is 13.7. The Kier molecular flexibility index (Phi) is 3.94. The SMILES string of the molecule is CN(Cc1ccc(-c2ccccc2)cc1)C(=O)C#N. The molecule has 0 saturated carbocycles. The molecule has 0 N–H and O–H groups in total. The van der Waals surface area contributed by atoms with E-state index in [0.29, 0.717) is 6.54 Å². The lowest BCUT2D eigenvalue weighted by atomic mass is 10.0. The molecule has 0 aliphatic carbocycles. The van der Waals surface area contributed by atoms with Crippen molar-refractivity contribution in [3.63, 3.8) is 0 Å². The Morgan fingerprint density at radius 2 is 1.63 bits per heavy atom. The van der Waals surface area contributed by atoms with E-state index in [2.05, 4.69) is 12.1 Å². The molecular formula is C16H14N2O. The smallest absolute Gasteiger partial charge is 0.325 e. The van der Waals surface area contributed by atoms with Crippen LogP contribution in [-0.2, 0) is 11.3 Å². The molecule has 19 heavy (non-hydrogen) atoms. The van der Waals surface area contributed by atoms with Crippen LogP contribution in [0.3, 0.4) is 0 Å². The van der Waals surface area contributed by atoms with Crippen molar-refractivity contribution in [2.45, 2.75) is 6.54 Å². The number of carbonyl (C=O) groups is 1. The normalized spacial score (nSPS) is 9.68. The van der Waals surface area contributed by atoms with Crippen molar-refractivity contribution in [2.24, 2.45) is 0 Å². The number of carbonyl (C=O) groups excluding carboxylic acids is 1. The van der Waals surface area contributed by atoms with Gasteiger partial charge in [-0.2, -0.15) is 5.26 Å². The first-order valence-electron chi connectivity index (χ1n) is 6.00. The van der Waals surface area contributed by atoms with Gasteiger partial charge in [0.25, 0.3) is 0 Å². The Morgan fingerprint density at radius 1 is 1.05 bits per heavy atom. The average Bonchev–Trinajstić information content (AvgIpc) is 2.48. The molecule has 0 spiro atoms. The quantitative estimate of drug-likeness (QED) is 0.786. The molecule has 94 valence electrons. The van der Waals surface area contributed by atoms with E-state index in [9.17, 15) is 4.79 Å². The second-order valence-corrected chi connectivity index (χ2v) is 4.34. The fourth-order valence-electron chi connectivity index (χ4n) is 1.86. The second kappa shape index (κ2) is 5.83. The lowest BCUT2D eigenvalue weighted by Gasteiger charge is -2.13. The number of nitrogens with zero attached hydrogens (tertiary/aromatic N) is 2. The van der Waals surface area contributed by atoms with Crippen molar-refractivity contribution in [2.75, 3.05) is 7.05 Å². The van der Waals surface area contributed by atoms with E-state index in [1.807, 2.05) is 42.5 Å². The molecule has 0 bridgehead atoms. The fourth-order valence-corrected chi connectivity index (χ4v) is 1.86. The highest BCUT2D eigenvalue weighted by molar-refractivity contribution is 5.90. The lowest BCUT2D eigenvalue weighted by molar-refractivity contribution is -0.124. The van der Waals surface area contributed by atoms with E-state index < -0.39 is 5.91 Å². The molecule has 0 unspecified atom stereocenters. The molecule has 3 heteroatoms. The van der Waals surface area contributed by atoms with E-state index in [1.165, 1.54) is 4.90 Å². The maximum absolute atomic E-state index is 11.2. The molecule has 0 aliphatic rings. The zero-order valence-corrected chi connectivity index (χ0v) is 10.7. The highest BCUT2D eigenvalue weighted by Crippen LogP contribution is 2.19. The van der Waals surface area contributed by atoms with Gasteiger partial charge in [0.2, 0.25) is 0 Å². The summed E-state index contributed by atoms with van der Waals surface area (Å²) in [5.41, 5.74) is 3.31. The summed E-state index contributed by atoms with van der Waals surface area (Å²) in [4.78, 5) is 12.6. The summed E-state index contributed by atoms with van der Waals surface area (Å²) in [6.45, 7) is 0.446. The van der Waals surface area contributed by atoms with Gasteiger partial charge in [-0.3, -0.25) is 4.79 Å². The van der Waals surface area contributed by atoms with Crippen LogP contribution >= 0.6 is 0 Å². The zero-order valence-electron chi connectivity index (χ0n) is 10.7. The molecule has 2 rings (SSSR count). The molecule has 0 saturated heterocycles. The van der Waals surface area contributed by atoms with Gasteiger partial charge in [-0.05, 0) is 16.7 Å². The van der Waals surface area contributed by atoms with E-state index in [1.54, 1.807) is 13.1 Å². The third kappa shape index (κ3) is 3.20. The van der Waals surface area contributed by atoms with Crippen LogP contribution < -0.4 is 0 Å². The van der Waals surface area contributed by atoms with E-state index in [-0.39, 0.29) is 0 Å². The third-order valence-corrected chi connectivity index (χ3v) is 2.92. The van der Waals surface area contributed by atoms with E-state index in [0.717, 1.165) is 16.7 Å². The summed E-state index contributed by atoms with van der Waals surface area (Å²) in [5, 5.41) is 8.53. The van der Waals surface area contributed by atoms with Crippen LogP contribution in [0.15, 0.2) is 54.6 Å². The minimum absolute atomic E-state index is 0.446. The first-order chi connectivity index (χ1) is 9.20. The van der Waals surface area contributed by atoms with Crippen molar-refractivity contribution < 1.29 is 4.79 Å². The second-order valence-electron chi connectivity index (χ2n) is 4.34. The van der Waals surface area contributed by atoms with Crippen LogP contribution in [0.1, 0.15) is 5.56 Å². The monoisotopic (exact) mass is 250 g/mol. The van der Waals surface area contributed by atoms with Gasteiger partial charge in [-0.15, -0.1) is 0 Å². The van der Waals surface area contributed by atoms with Crippen LogP contribution in [0, 0.1) is 11.3 Å². The average molecular weight is 250 g/mol. The number of rotatable bonds is 3. The molecule has 3 nitrogen and oxygen atoms in total. The Balaban J connectivity index is 2.12. The summed E-state index contributed by atoms with van der Waals surface area (Å²) in [6, 6.07) is 19.7. The standard InChI is InChI=1S/C16H14N2O/c1-18(16(19)11-17)12-13-7-9-15(10-8-13)14-5-3-2-4-6-14/h2-10H,12H2,1H3. The first kappa shape index (κ1) is 12.8. The third-order valence-electron chi connectivity index (χ3n) is 2.92. The Bertz CT molecular complexity index is 597. The van der Waals surface area contributed by atoms with Crippen LogP contribution in [0.4, 0.5) is 0 Å². The van der Waals surface area contributed by atoms with Crippen molar-refractivity contribution in [3.8, 4) is 17.2 Å². The topological polar surface area (TPSA) is 44.1 Å². The van der Waals surface area contributed by atoms with Gasteiger partial charge in [0.05, 0.1) is 0 Å². The number of amides is 1. The molecular weight excluding hydrogens is 236 g/mol. The molecule has 0 aromatic heterocycles. The number of hydrogen-bond acceptors (Lipinski definition) is 2. The van der Waals surface area contributed by atoms with Gasteiger partial charge < -0.3 is 4.90 Å². The Hall–Kier alpha value is -2.60. The fraction of sp³-hybridized carbons (Fsp3) is 0.125. The summed E-state index contributed by atoms with van der Waals surface area (Å²) in [5.74, 6) is -0.521. The van der Waals surface area contributed by atoms with Crippen LogP contribution in [0.2, 0.25) is 0 Å². The molecule has 0 fully saturated rings. The number of benzene rings is 2. The lowest BCUT2D eigenvalue weighted by Crippen LogP contribution is -2.24. The summed E-state index contributed by atoms with van der Waals surface area (Å²) < 4.78 is 0. The Labute approximate surface area is 112 Å². The van der Waals surface area contributed by atoms with Crippen LogP contribution in [0.25, 0.3) is 11.1 Å². The summed E-state index contributed by atoms with van der Waals surface area (Å²) >= 11 is 0. The van der Waals surface area contributed by atoms with Crippen molar-refractivity contribution in [1.82, 2.24) is 4.90 Å². The molecule has 0 atom stereocenters. The number of nitriles is 1. The van der Waals surface area contributed by atoms with Gasteiger partial charge in [-0.1, -0.05) is 54.6 Å². The molecule has 2 aromatic carbocycles. The molecule has 0 heterocycles. The Morgan fingerprint density at radius 3 is 2.21 bits per heavy atom. The number of hydrogen-bond donors (Lipinski definition) is 0. The van der Waals surface area contributed by atoms with Gasteiger partial charge in [-0.25, -0.2) is 0 Å². The van der Waals surface area contributed by atoms with Crippen molar-refractivity contribution in [3.05, 3.63) is 60.2 Å². The predicted octanol–water partition coefficient (Wildman–Crippen LogP) is 2.84. The van der Waals surface area contributed by atoms with Crippen LogP contribution in [0.5, 0.6) is 0 Å². The summed E-state index contributed by atoms with van der Waals surface area (Å²) in [7, 11) is 1.62. The van der Waals surface area contributed by atoms with Crippen molar-refractivity contribution >= 4 is 5.91 Å². The van der Waals surface area contributed by atoms with E-state index in [4.69, 9.17) is 5.26 Å². The first-order valence-corrected chi connectivity index (χ1v) is 6.00. The highest BCUT2D eigenvalue weighted by Gasteiger charge is 2.07. The van der Waals surface area contributed by atoms with Gasteiger partial charge in [0.15, 0.2) is 6.07 Å². The maximum Gasteiger partial charge on any atom is 0.325 e. The molecule has 2 aromatic rings. The van der Waals surface area contributed by atoms with Gasteiger partial charge in [0.1, 0.15) is 0 Å². The van der Waals surface area contributed by atoms with Gasteiger partial charge >= 0.3 is 5.91 Å². The van der Waals surface area contributed by atoms with Crippen LogP contribution in [-0.4, -0.2) is 17.9 Å². The molecule has 1 amide bonds. The maximum atomic E-state index is 11.2. The largest absolute Gasteiger partial charge is 0.329 e. The van der Waals surface area contributed by atoms with E-state index >= 15 is 0 Å². The summed E-state index contributed by atoms with van der Waals surface area (Å²) in [6.07, 6.45) is 0. The van der Waals surface area contributed by atoms with Gasteiger partial charge in [0, 0.05) is 13.6 Å². The minimum Gasteiger partial charge on any atom is -0.329 e. The molecule has 0 aliphatic heterocycles.